The largest absolute Gasteiger partial charge is 0.480 e. The van der Waals surface area contributed by atoms with Crippen LogP contribution in [0.3, 0.4) is 0 Å². The van der Waals surface area contributed by atoms with E-state index in [0.29, 0.717) is 24.2 Å². The minimum absolute atomic E-state index is 0.254. The van der Waals surface area contributed by atoms with Crippen LogP contribution in [0.5, 0.6) is 0 Å². The lowest BCUT2D eigenvalue weighted by Crippen LogP contribution is -2.40. The van der Waals surface area contributed by atoms with E-state index in [-0.39, 0.29) is 12.5 Å². The van der Waals surface area contributed by atoms with Crippen LogP contribution in [0, 0.1) is 0 Å². The predicted octanol–water partition coefficient (Wildman–Crippen LogP) is 0.352. The molecule has 0 radical (unpaired) electrons. The number of aliphatic carboxylic acids is 1. The molecule has 5 heteroatoms. The van der Waals surface area contributed by atoms with Crippen LogP contribution in [0.15, 0.2) is 18.2 Å². The molecule has 5 nitrogen and oxygen atoms in total. The summed E-state index contributed by atoms with van der Waals surface area (Å²) in [5.74, 6) is -1.25. The Bertz CT molecular complexity index is 457. The predicted molar refractivity (Wildman–Crippen MR) is 58.1 cm³/mol. The SMILES string of the molecule is Nc1ccc2c(c1)C(=O)N(CC(=O)O)CC2. The molecule has 0 bridgehead atoms. The topological polar surface area (TPSA) is 83.6 Å². The van der Waals surface area contributed by atoms with Gasteiger partial charge in [-0.15, -0.1) is 0 Å². The molecule has 0 spiro atoms. The van der Waals surface area contributed by atoms with Gasteiger partial charge in [0.15, 0.2) is 0 Å². The van der Waals surface area contributed by atoms with E-state index >= 15 is 0 Å². The van der Waals surface area contributed by atoms with Crippen LogP contribution < -0.4 is 5.73 Å². The molecule has 1 aromatic rings. The highest BCUT2D eigenvalue weighted by molar-refractivity contribution is 5.98. The average Bonchev–Trinajstić information content (AvgIpc) is 2.22. The van der Waals surface area contributed by atoms with E-state index in [1.165, 1.54) is 4.90 Å². The zero-order valence-electron chi connectivity index (χ0n) is 8.64. The summed E-state index contributed by atoms with van der Waals surface area (Å²) in [6, 6.07) is 5.17. The zero-order valence-corrected chi connectivity index (χ0v) is 8.64. The second-order valence-electron chi connectivity index (χ2n) is 3.79. The molecular weight excluding hydrogens is 208 g/mol. The first-order chi connectivity index (χ1) is 7.58. The van der Waals surface area contributed by atoms with Crippen molar-refractivity contribution in [3.63, 3.8) is 0 Å². The smallest absolute Gasteiger partial charge is 0.323 e. The minimum atomic E-state index is -0.999. The second-order valence-corrected chi connectivity index (χ2v) is 3.79. The van der Waals surface area contributed by atoms with Gasteiger partial charge in [0.05, 0.1) is 0 Å². The van der Waals surface area contributed by atoms with Gasteiger partial charge < -0.3 is 15.7 Å². The highest BCUT2D eigenvalue weighted by Crippen LogP contribution is 2.21. The molecule has 1 aliphatic heterocycles. The summed E-state index contributed by atoms with van der Waals surface area (Å²) in [6.07, 6.45) is 0.675. The number of carboxylic acid groups (broad SMARTS) is 1. The van der Waals surface area contributed by atoms with Crippen molar-refractivity contribution >= 4 is 17.6 Å². The molecule has 0 aromatic heterocycles. The molecule has 0 saturated heterocycles. The van der Waals surface area contributed by atoms with Gasteiger partial charge in [-0.25, -0.2) is 0 Å². The zero-order chi connectivity index (χ0) is 11.7. The summed E-state index contributed by atoms with van der Waals surface area (Å²) in [5.41, 5.74) is 7.57. The molecular formula is C11H12N2O3. The lowest BCUT2D eigenvalue weighted by Gasteiger charge is -2.27. The summed E-state index contributed by atoms with van der Waals surface area (Å²) in [7, 11) is 0. The molecule has 0 unspecified atom stereocenters. The van der Waals surface area contributed by atoms with E-state index in [1.54, 1.807) is 12.1 Å². The third-order valence-corrected chi connectivity index (χ3v) is 2.63. The van der Waals surface area contributed by atoms with Crippen molar-refractivity contribution in [2.24, 2.45) is 0 Å². The van der Waals surface area contributed by atoms with Crippen molar-refractivity contribution in [1.82, 2.24) is 4.90 Å². The van der Waals surface area contributed by atoms with Crippen molar-refractivity contribution < 1.29 is 14.7 Å². The van der Waals surface area contributed by atoms with Gasteiger partial charge >= 0.3 is 5.97 Å². The Morgan fingerprint density at radius 3 is 2.94 bits per heavy atom. The Kier molecular flexibility index (Phi) is 2.52. The van der Waals surface area contributed by atoms with E-state index < -0.39 is 5.97 Å². The third kappa shape index (κ3) is 1.84. The summed E-state index contributed by atoms with van der Waals surface area (Å²) in [6.45, 7) is 0.190. The highest BCUT2D eigenvalue weighted by Gasteiger charge is 2.25. The summed E-state index contributed by atoms with van der Waals surface area (Å²) < 4.78 is 0. The lowest BCUT2D eigenvalue weighted by atomic mass is 9.98. The Morgan fingerprint density at radius 2 is 2.25 bits per heavy atom. The molecule has 0 aliphatic carbocycles. The van der Waals surface area contributed by atoms with Crippen molar-refractivity contribution in [3.8, 4) is 0 Å². The van der Waals surface area contributed by atoms with Gasteiger partial charge in [-0.2, -0.15) is 0 Å². The van der Waals surface area contributed by atoms with E-state index in [4.69, 9.17) is 10.8 Å². The fraction of sp³-hybridized carbons (Fsp3) is 0.273. The van der Waals surface area contributed by atoms with E-state index in [0.717, 1.165) is 5.56 Å². The van der Waals surface area contributed by atoms with Crippen molar-refractivity contribution in [1.29, 1.82) is 0 Å². The molecule has 0 fully saturated rings. The molecule has 16 heavy (non-hydrogen) atoms. The van der Waals surface area contributed by atoms with Crippen molar-refractivity contribution in [3.05, 3.63) is 29.3 Å². The van der Waals surface area contributed by atoms with E-state index in [1.807, 2.05) is 6.07 Å². The number of nitrogens with two attached hydrogens (primary N) is 1. The lowest BCUT2D eigenvalue weighted by molar-refractivity contribution is -0.137. The van der Waals surface area contributed by atoms with Gasteiger partial charge in [0.1, 0.15) is 6.54 Å². The number of carboxylic acids is 1. The van der Waals surface area contributed by atoms with Gasteiger partial charge in [-0.05, 0) is 24.1 Å². The maximum Gasteiger partial charge on any atom is 0.323 e. The second kappa shape index (κ2) is 3.84. The summed E-state index contributed by atoms with van der Waals surface area (Å²) >= 11 is 0. The molecule has 1 aromatic carbocycles. The first-order valence-corrected chi connectivity index (χ1v) is 4.97. The van der Waals surface area contributed by atoms with Gasteiger partial charge in [0.25, 0.3) is 5.91 Å². The van der Waals surface area contributed by atoms with Crippen LogP contribution >= 0.6 is 0 Å². The van der Waals surface area contributed by atoms with Crippen molar-refractivity contribution in [2.75, 3.05) is 18.8 Å². The van der Waals surface area contributed by atoms with E-state index in [2.05, 4.69) is 0 Å². The number of amides is 1. The number of fused-ring (bicyclic) bond motifs is 1. The Morgan fingerprint density at radius 1 is 1.50 bits per heavy atom. The number of carbonyl (C=O) groups excluding carboxylic acids is 1. The molecule has 2 rings (SSSR count). The first kappa shape index (κ1) is 10.5. The molecule has 0 saturated carbocycles. The minimum Gasteiger partial charge on any atom is -0.480 e. The normalized spacial score (nSPS) is 14.8. The monoisotopic (exact) mass is 220 g/mol. The average molecular weight is 220 g/mol. The number of anilines is 1. The van der Waals surface area contributed by atoms with Crippen LogP contribution in [0.25, 0.3) is 0 Å². The molecule has 3 N–H and O–H groups in total. The van der Waals surface area contributed by atoms with E-state index in [9.17, 15) is 9.59 Å². The van der Waals surface area contributed by atoms with Gasteiger partial charge in [-0.1, -0.05) is 6.07 Å². The van der Waals surface area contributed by atoms with Crippen LogP contribution in [0.4, 0.5) is 5.69 Å². The van der Waals surface area contributed by atoms with Gasteiger partial charge in [0, 0.05) is 17.8 Å². The van der Waals surface area contributed by atoms with Crippen LogP contribution in [0.2, 0.25) is 0 Å². The number of carbonyl (C=O) groups is 2. The number of benzene rings is 1. The fourth-order valence-electron chi connectivity index (χ4n) is 1.85. The Balaban J connectivity index is 2.30. The maximum absolute atomic E-state index is 11.9. The van der Waals surface area contributed by atoms with Crippen LogP contribution in [-0.2, 0) is 11.2 Å². The van der Waals surface area contributed by atoms with Gasteiger partial charge in [0.2, 0.25) is 0 Å². The maximum atomic E-state index is 11.9. The number of hydrogen-bond acceptors (Lipinski definition) is 3. The molecule has 1 aliphatic rings. The highest BCUT2D eigenvalue weighted by atomic mass is 16.4. The number of rotatable bonds is 2. The standard InChI is InChI=1S/C11H12N2O3/c12-8-2-1-7-3-4-13(6-10(14)15)11(16)9(7)5-8/h1-2,5H,3-4,6,12H2,(H,14,15). The number of nitrogens with zero attached hydrogens (tertiary/aromatic N) is 1. The van der Waals surface area contributed by atoms with Crippen molar-refractivity contribution in [2.45, 2.75) is 6.42 Å². The molecule has 84 valence electrons. The van der Waals surface area contributed by atoms with Gasteiger partial charge in [-0.3, -0.25) is 9.59 Å². The summed E-state index contributed by atoms with van der Waals surface area (Å²) in [4.78, 5) is 23.8. The van der Waals surface area contributed by atoms with Crippen LogP contribution in [-0.4, -0.2) is 35.0 Å². The number of nitrogen functional groups attached to an aromatic ring is 1. The van der Waals surface area contributed by atoms with Crippen LogP contribution in [0.1, 0.15) is 15.9 Å². The molecule has 1 heterocycles. The Labute approximate surface area is 92.5 Å². The fourth-order valence-corrected chi connectivity index (χ4v) is 1.85. The summed E-state index contributed by atoms with van der Waals surface area (Å²) in [5, 5.41) is 8.67. The molecule has 1 amide bonds. The first-order valence-electron chi connectivity index (χ1n) is 4.97. The number of hydrogen-bond donors (Lipinski definition) is 2. The Hall–Kier alpha value is -2.04. The molecule has 0 atom stereocenters. The quantitative estimate of drug-likeness (QED) is 0.704. The third-order valence-electron chi connectivity index (χ3n) is 2.63.